The Labute approximate surface area is 107 Å². The molecule has 0 saturated carbocycles. The van der Waals surface area contributed by atoms with Gasteiger partial charge < -0.3 is 14.2 Å². The molecule has 0 fully saturated rings. The second-order valence-corrected chi connectivity index (χ2v) is 3.92. The SMILES string of the molecule is c1cc2c(cc1Oc1ccc3nncn3n1)OCO2. The Bertz CT molecular complexity index is 756. The van der Waals surface area contributed by atoms with E-state index >= 15 is 0 Å². The fraction of sp³-hybridized carbons (Fsp3) is 0.0833. The number of ether oxygens (including phenoxy) is 3. The lowest BCUT2D eigenvalue weighted by Crippen LogP contribution is -1.94. The lowest BCUT2D eigenvalue weighted by molar-refractivity contribution is 0.174. The standard InChI is InChI=1S/C12H8N4O3/c1-2-9-10(18-7-17-9)5-8(1)19-12-4-3-11-14-13-6-16(11)15-12/h1-6H,7H2. The van der Waals surface area contributed by atoms with Crippen LogP contribution in [0.5, 0.6) is 23.1 Å². The van der Waals surface area contributed by atoms with Crippen LogP contribution in [-0.4, -0.2) is 26.6 Å². The molecule has 0 N–H and O–H groups in total. The van der Waals surface area contributed by atoms with Crippen LogP contribution >= 0.6 is 0 Å². The molecule has 0 radical (unpaired) electrons. The highest BCUT2D eigenvalue weighted by molar-refractivity contribution is 5.47. The highest BCUT2D eigenvalue weighted by Crippen LogP contribution is 2.36. The van der Waals surface area contributed by atoms with E-state index in [0.717, 1.165) is 5.75 Å². The van der Waals surface area contributed by atoms with Crippen LogP contribution in [0.3, 0.4) is 0 Å². The van der Waals surface area contributed by atoms with Gasteiger partial charge in [0.15, 0.2) is 17.1 Å². The fourth-order valence-electron chi connectivity index (χ4n) is 1.83. The number of hydrogen-bond donors (Lipinski definition) is 0. The Morgan fingerprint density at radius 1 is 1.11 bits per heavy atom. The number of rotatable bonds is 2. The molecule has 0 unspecified atom stereocenters. The third-order valence-corrected chi connectivity index (χ3v) is 2.70. The summed E-state index contributed by atoms with van der Waals surface area (Å²) in [7, 11) is 0. The fourth-order valence-corrected chi connectivity index (χ4v) is 1.83. The maximum Gasteiger partial charge on any atom is 0.237 e. The molecule has 0 bridgehead atoms. The summed E-state index contributed by atoms with van der Waals surface area (Å²) in [6.45, 7) is 0.240. The average Bonchev–Trinajstić information content (AvgIpc) is 3.05. The number of aromatic nitrogens is 4. The summed E-state index contributed by atoms with van der Waals surface area (Å²) in [5, 5.41) is 11.8. The van der Waals surface area contributed by atoms with Gasteiger partial charge in [0.1, 0.15) is 12.1 Å². The number of nitrogens with zero attached hydrogens (tertiary/aromatic N) is 4. The molecule has 1 aromatic carbocycles. The third kappa shape index (κ3) is 1.71. The van der Waals surface area contributed by atoms with E-state index in [1.54, 1.807) is 34.8 Å². The molecule has 2 aromatic heterocycles. The molecule has 3 heterocycles. The van der Waals surface area contributed by atoms with Crippen LogP contribution in [0.15, 0.2) is 36.7 Å². The van der Waals surface area contributed by atoms with Gasteiger partial charge >= 0.3 is 0 Å². The molecule has 0 spiro atoms. The lowest BCUT2D eigenvalue weighted by atomic mass is 10.3. The number of benzene rings is 1. The molecule has 3 aromatic rings. The summed E-state index contributed by atoms with van der Waals surface area (Å²) < 4.78 is 17.7. The predicted molar refractivity (Wildman–Crippen MR) is 63.4 cm³/mol. The van der Waals surface area contributed by atoms with E-state index in [9.17, 15) is 0 Å². The molecule has 19 heavy (non-hydrogen) atoms. The van der Waals surface area contributed by atoms with E-state index in [2.05, 4.69) is 15.3 Å². The predicted octanol–water partition coefficient (Wildman–Crippen LogP) is 1.65. The summed E-state index contributed by atoms with van der Waals surface area (Å²) in [5.41, 5.74) is 0.665. The van der Waals surface area contributed by atoms with E-state index in [0.29, 0.717) is 23.0 Å². The second-order valence-electron chi connectivity index (χ2n) is 3.92. The van der Waals surface area contributed by atoms with Crippen molar-refractivity contribution < 1.29 is 14.2 Å². The van der Waals surface area contributed by atoms with Crippen molar-refractivity contribution in [3.8, 4) is 23.1 Å². The quantitative estimate of drug-likeness (QED) is 0.694. The molecule has 1 aliphatic heterocycles. The lowest BCUT2D eigenvalue weighted by Gasteiger charge is -2.05. The molecule has 0 saturated heterocycles. The maximum atomic E-state index is 5.66. The van der Waals surface area contributed by atoms with Crippen molar-refractivity contribution in [3.63, 3.8) is 0 Å². The average molecular weight is 256 g/mol. The van der Waals surface area contributed by atoms with Crippen molar-refractivity contribution in [1.29, 1.82) is 0 Å². The van der Waals surface area contributed by atoms with Gasteiger partial charge in [-0.05, 0) is 18.2 Å². The highest BCUT2D eigenvalue weighted by Gasteiger charge is 2.14. The van der Waals surface area contributed by atoms with E-state index in [4.69, 9.17) is 14.2 Å². The van der Waals surface area contributed by atoms with Crippen molar-refractivity contribution in [1.82, 2.24) is 19.8 Å². The largest absolute Gasteiger partial charge is 0.454 e. The Balaban J connectivity index is 1.66. The summed E-state index contributed by atoms with van der Waals surface area (Å²) in [5.74, 6) is 2.47. The molecule has 94 valence electrons. The number of fused-ring (bicyclic) bond motifs is 2. The first-order valence-electron chi connectivity index (χ1n) is 5.63. The zero-order chi connectivity index (χ0) is 12.7. The normalized spacial score (nSPS) is 12.8. The summed E-state index contributed by atoms with van der Waals surface area (Å²) in [6.07, 6.45) is 1.52. The summed E-state index contributed by atoms with van der Waals surface area (Å²) in [6, 6.07) is 8.87. The van der Waals surface area contributed by atoms with Gasteiger partial charge in [0.2, 0.25) is 12.7 Å². The Morgan fingerprint density at radius 3 is 3.05 bits per heavy atom. The van der Waals surface area contributed by atoms with Gasteiger partial charge in [-0.15, -0.1) is 15.3 Å². The Hall–Kier alpha value is -2.83. The van der Waals surface area contributed by atoms with E-state index < -0.39 is 0 Å². The smallest absolute Gasteiger partial charge is 0.237 e. The zero-order valence-corrected chi connectivity index (χ0v) is 9.68. The van der Waals surface area contributed by atoms with Gasteiger partial charge in [-0.1, -0.05) is 0 Å². The molecule has 0 amide bonds. The van der Waals surface area contributed by atoms with E-state index in [1.165, 1.54) is 6.33 Å². The minimum Gasteiger partial charge on any atom is -0.454 e. The third-order valence-electron chi connectivity index (χ3n) is 2.70. The molecule has 4 rings (SSSR count). The van der Waals surface area contributed by atoms with Crippen LogP contribution in [0.2, 0.25) is 0 Å². The topological polar surface area (TPSA) is 70.8 Å². The first-order valence-corrected chi connectivity index (χ1v) is 5.63. The molecule has 1 aliphatic rings. The van der Waals surface area contributed by atoms with Crippen LogP contribution in [0, 0.1) is 0 Å². The molecular weight excluding hydrogens is 248 g/mol. The van der Waals surface area contributed by atoms with Gasteiger partial charge in [0.05, 0.1) is 0 Å². The monoisotopic (exact) mass is 256 g/mol. The molecule has 7 nitrogen and oxygen atoms in total. The summed E-state index contributed by atoms with van der Waals surface area (Å²) >= 11 is 0. The minimum atomic E-state index is 0.240. The molecule has 0 aliphatic carbocycles. The van der Waals surface area contributed by atoms with E-state index in [-0.39, 0.29) is 6.79 Å². The van der Waals surface area contributed by atoms with Gasteiger partial charge in [0, 0.05) is 12.1 Å². The highest BCUT2D eigenvalue weighted by atomic mass is 16.7. The van der Waals surface area contributed by atoms with Crippen LogP contribution in [0.4, 0.5) is 0 Å². The molecule has 0 atom stereocenters. The summed E-state index contributed by atoms with van der Waals surface area (Å²) in [4.78, 5) is 0. The minimum absolute atomic E-state index is 0.240. The van der Waals surface area contributed by atoms with Gasteiger partial charge in [-0.25, -0.2) is 0 Å². The van der Waals surface area contributed by atoms with Crippen LogP contribution in [0.25, 0.3) is 5.65 Å². The molecular formula is C12H8N4O3. The van der Waals surface area contributed by atoms with Crippen LogP contribution < -0.4 is 14.2 Å². The van der Waals surface area contributed by atoms with Gasteiger partial charge in [-0.3, -0.25) is 0 Å². The van der Waals surface area contributed by atoms with Crippen molar-refractivity contribution in [2.75, 3.05) is 6.79 Å². The van der Waals surface area contributed by atoms with Gasteiger partial charge in [-0.2, -0.15) is 4.52 Å². The maximum absolute atomic E-state index is 5.66. The molecule has 7 heteroatoms. The van der Waals surface area contributed by atoms with E-state index in [1.807, 2.05) is 0 Å². The second kappa shape index (κ2) is 3.84. The Morgan fingerprint density at radius 2 is 2.05 bits per heavy atom. The van der Waals surface area contributed by atoms with Crippen molar-refractivity contribution >= 4 is 5.65 Å². The first kappa shape index (κ1) is 10.1. The van der Waals surface area contributed by atoms with Crippen LogP contribution in [-0.2, 0) is 0 Å². The van der Waals surface area contributed by atoms with Crippen molar-refractivity contribution in [2.24, 2.45) is 0 Å². The van der Waals surface area contributed by atoms with Gasteiger partial charge in [0.25, 0.3) is 0 Å². The Kier molecular flexibility index (Phi) is 2.05. The van der Waals surface area contributed by atoms with Crippen molar-refractivity contribution in [3.05, 3.63) is 36.7 Å². The number of hydrogen-bond acceptors (Lipinski definition) is 6. The first-order chi connectivity index (χ1) is 9.38. The zero-order valence-electron chi connectivity index (χ0n) is 9.68. The van der Waals surface area contributed by atoms with Crippen LogP contribution in [0.1, 0.15) is 0 Å². The van der Waals surface area contributed by atoms with Crippen molar-refractivity contribution in [2.45, 2.75) is 0 Å².